The maximum absolute atomic E-state index is 5.91. The van der Waals surface area contributed by atoms with Crippen LogP contribution in [0.1, 0.15) is 6.92 Å². The van der Waals surface area contributed by atoms with Crippen LogP contribution in [0.4, 0.5) is 0 Å². The second-order valence-electron chi connectivity index (χ2n) is 4.38. The van der Waals surface area contributed by atoms with Crippen LogP contribution in [0.2, 0.25) is 5.02 Å². The van der Waals surface area contributed by atoms with Gasteiger partial charge in [0.15, 0.2) is 11.5 Å². The number of benzene rings is 2. The van der Waals surface area contributed by atoms with E-state index in [2.05, 4.69) is 5.73 Å². The van der Waals surface area contributed by atoms with Crippen LogP contribution in [-0.2, 0) is 0 Å². The SMILES string of the molecule is CC1COc2cccc(-c3ccc(Cl)cc3)c2O1.CN. The molecule has 3 rings (SSSR count). The van der Waals surface area contributed by atoms with Crippen LogP contribution in [-0.4, -0.2) is 19.8 Å². The summed E-state index contributed by atoms with van der Waals surface area (Å²) in [5, 5.41) is 0.731. The molecule has 0 radical (unpaired) electrons. The van der Waals surface area contributed by atoms with E-state index in [1.807, 2.05) is 49.4 Å². The zero-order valence-corrected chi connectivity index (χ0v) is 12.4. The summed E-state index contributed by atoms with van der Waals surface area (Å²) in [5.74, 6) is 1.62. The van der Waals surface area contributed by atoms with Gasteiger partial charge in [0.25, 0.3) is 0 Å². The van der Waals surface area contributed by atoms with Gasteiger partial charge in [-0.15, -0.1) is 0 Å². The molecule has 0 saturated carbocycles. The molecular weight excluding hydrogens is 274 g/mol. The smallest absolute Gasteiger partial charge is 0.169 e. The largest absolute Gasteiger partial charge is 0.486 e. The van der Waals surface area contributed by atoms with E-state index in [1.54, 1.807) is 0 Å². The fourth-order valence-corrected chi connectivity index (χ4v) is 2.18. The Morgan fingerprint density at radius 2 is 1.80 bits per heavy atom. The predicted octanol–water partition coefficient (Wildman–Crippen LogP) is 3.74. The molecule has 20 heavy (non-hydrogen) atoms. The Bertz CT molecular complexity index is 569. The lowest BCUT2D eigenvalue weighted by Crippen LogP contribution is -2.26. The molecule has 0 bridgehead atoms. The Morgan fingerprint density at radius 1 is 1.10 bits per heavy atom. The van der Waals surface area contributed by atoms with Crippen molar-refractivity contribution in [2.24, 2.45) is 5.73 Å². The van der Waals surface area contributed by atoms with Crippen LogP contribution in [0.15, 0.2) is 42.5 Å². The highest BCUT2D eigenvalue weighted by atomic mass is 35.5. The third kappa shape index (κ3) is 3.06. The number of nitrogens with two attached hydrogens (primary N) is 1. The molecule has 106 valence electrons. The van der Waals surface area contributed by atoms with Crippen molar-refractivity contribution in [3.8, 4) is 22.6 Å². The summed E-state index contributed by atoms with van der Waals surface area (Å²) < 4.78 is 11.6. The van der Waals surface area contributed by atoms with Gasteiger partial charge >= 0.3 is 0 Å². The first kappa shape index (κ1) is 14.7. The molecule has 0 amide bonds. The van der Waals surface area contributed by atoms with E-state index in [9.17, 15) is 0 Å². The summed E-state index contributed by atoms with van der Waals surface area (Å²) in [5.41, 5.74) is 6.62. The Morgan fingerprint density at radius 3 is 2.50 bits per heavy atom. The van der Waals surface area contributed by atoms with Gasteiger partial charge in [-0.3, -0.25) is 0 Å². The fraction of sp³-hybridized carbons (Fsp3) is 0.250. The number of hydrogen-bond donors (Lipinski definition) is 1. The van der Waals surface area contributed by atoms with E-state index in [1.165, 1.54) is 7.05 Å². The number of hydrogen-bond acceptors (Lipinski definition) is 3. The topological polar surface area (TPSA) is 44.5 Å². The van der Waals surface area contributed by atoms with E-state index in [0.717, 1.165) is 27.6 Å². The Hall–Kier alpha value is -1.71. The Balaban J connectivity index is 0.000000704. The lowest BCUT2D eigenvalue weighted by Gasteiger charge is -2.26. The van der Waals surface area contributed by atoms with Crippen molar-refractivity contribution in [2.45, 2.75) is 13.0 Å². The average Bonchev–Trinajstić information content (AvgIpc) is 2.49. The van der Waals surface area contributed by atoms with Crippen molar-refractivity contribution in [3.05, 3.63) is 47.5 Å². The van der Waals surface area contributed by atoms with Gasteiger partial charge in [0, 0.05) is 10.6 Å². The molecular formula is C16H18ClNO2. The van der Waals surface area contributed by atoms with E-state index < -0.39 is 0 Å². The summed E-state index contributed by atoms with van der Waals surface area (Å²) in [7, 11) is 1.50. The molecule has 1 aliphatic rings. The summed E-state index contributed by atoms with van der Waals surface area (Å²) in [4.78, 5) is 0. The Labute approximate surface area is 124 Å². The summed E-state index contributed by atoms with van der Waals surface area (Å²) in [6, 6.07) is 13.7. The highest BCUT2D eigenvalue weighted by molar-refractivity contribution is 6.30. The molecule has 4 heteroatoms. The number of rotatable bonds is 1. The second kappa shape index (κ2) is 6.64. The zero-order chi connectivity index (χ0) is 14.5. The van der Waals surface area contributed by atoms with Gasteiger partial charge in [-0.2, -0.15) is 0 Å². The van der Waals surface area contributed by atoms with Crippen LogP contribution in [0, 0.1) is 0 Å². The van der Waals surface area contributed by atoms with Gasteiger partial charge in [-0.05, 0) is 37.7 Å². The Kier molecular flexibility index (Phi) is 4.88. The molecule has 1 unspecified atom stereocenters. The first-order valence-corrected chi connectivity index (χ1v) is 6.88. The van der Waals surface area contributed by atoms with E-state index in [0.29, 0.717) is 6.61 Å². The molecule has 0 fully saturated rings. The van der Waals surface area contributed by atoms with Crippen molar-refractivity contribution in [1.82, 2.24) is 0 Å². The quantitative estimate of drug-likeness (QED) is 0.870. The van der Waals surface area contributed by atoms with Crippen molar-refractivity contribution >= 4 is 11.6 Å². The minimum atomic E-state index is 0.0750. The lowest BCUT2D eigenvalue weighted by atomic mass is 10.0. The van der Waals surface area contributed by atoms with Gasteiger partial charge in [-0.1, -0.05) is 35.9 Å². The molecule has 2 aromatic rings. The van der Waals surface area contributed by atoms with Crippen LogP contribution in [0.25, 0.3) is 11.1 Å². The van der Waals surface area contributed by atoms with Gasteiger partial charge in [0.2, 0.25) is 0 Å². The molecule has 1 aliphatic heterocycles. The zero-order valence-electron chi connectivity index (χ0n) is 11.6. The third-order valence-electron chi connectivity index (χ3n) is 2.93. The average molecular weight is 292 g/mol. The van der Waals surface area contributed by atoms with E-state index >= 15 is 0 Å². The maximum atomic E-state index is 5.91. The minimum Gasteiger partial charge on any atom is -0.486 e. The fourth-order valence-electron chi connectivity index (χ4n) is 2.05. The first-order chi connectivity index (χ1) is 9.74. The van der Waals surface area contributed by atoms with Crippen LogP contribution < -0.4 is 15.2 Å². The predicted molar refractivity (Wildman–Crippen MR) is 82.6 cm³/mol. The van der Waals surface area contributed by atoms with Crippen molar-refractivity contribution < 1.29 is 9.47 Å². The van der Waals surface area contributed by atoms with Gasteiger partial charge < -0.3 is 15.2 Å². The van der Waals surface area contributed by atoms with Crippen molar-refractivity contribution in [3.63, 3.8) is 0 Å². The summed E-state index contributed by atoms with van der Waals surface area (Å²) >= 11 is 5.91. The molecule has 1 atom stereocenters. The second-order valence-corrected chi connectivity index (χ2v) is 4.82. The van der Waals surface area contributed by atoms with E-state index in [4.69, 9.17) is 21.1 Å². The van der Waals surface area contributed by atoms with Crippen LogP contribution >= 0.6 is 11.6 Å². The molecule has 0 aliphatic carbocycles. The maximum Gasteiger partial charge on any atom is 0.169 e. The standard InChI is InChI=1S/C15H13ClO2.CH5N/c1-10-9-17-14-4-2-3-13(15(14)18-10)11-5-7-12(16)8-6-11;1-2/h2-8,10H,9H2,1H3;2H2,1H3. The molecule has 0 spiro atoms. The van der Waals surface area contributed by atoms with Crippen molar-refractivity contribution in [1.29, 1.82) is 0 Å². The highest BCUT2D eigenvalue weighted by Crippen LogP contribution is 2.40. The minimum absolute atomic E-state index is 0.0750. The van der Waals surface area contributed by atoms with Gasteiger partial charge in [0.05, 0.1) is 0 Å². The van der Waals surface area contributed by atoms with Crippen molar-refractivity contribution in [2.75, 3.05) is 13.7 Å². The number of ether oxygens (including phenoxy) is 2. The first-order valence-electron chi connectivity index (χ1n) is 6.50. The molecule has 0 saturated heterocycles. The van der Waals surface area contributed by atoms with Crippen LogP contribution in [0.5, 0.6) is 11.5 Å². The number of para-hydroxylation sites is 1. The highest BCUT2D eigenvalue weighted by Gasteiger charge is 2.20. The monoisotopic (exact) mass is 291 g/mol. The normalized spacial score (nSPS) is 16.1. The van der Waals surface area contributed by atoms with Gasteiger partial charge in [-0.25, -0.2) is 0 Å². The summed E-state index contributed by atoms with van der Waals surface area (Å²) in [6.45, 7) is 2.60. The summed E-state index contributed by atoms with van der Waals surface area (Å²) in [6.07, 6.45) is 0.0750. The number of halogens is 1. The third-order valence-corrected chi connectivity index (χ3v) is 3.18. The molecule has 1 heterocycles. The lowest BCUT2D eigenvalue weighted by molar-refractivity contribution is 0.105. The molecule has 2 aromatic carbocycles. The van der Waals surface area contributed by atoms with Gasteiger partial charge in [0.1, 0.15) is 12.7 Å². The van der Waals surface area contributed by atoms with E-state index in [-0.39, 0.29) is 6.10 Å². The van der Waals surface area contributed by atoms with Crippen LogP contribution in [0.3, 0.4) is 0 Å². The number of fused-ring (bicyclic) bond motifs is 1. The molecule has 3 nitrogen and oxygen atoms in total. The molecule has 2 N–H and O–H groups in total. The molecule has 0 aromatic heterocycles.